The predicted molar refractivity (Wildman–Crippen MR) is 87.5 cm³/mol. The number of rotatable bonds is 4. The number of nitrogens with one attached hydrogen (secondary N) is 2. The van der Waals surface area contributed by atoms with Crippen LogP contribution in [0.4, 0.5) is 10.5 Å². The average Bonchev–Trinajstić information content (AvgIpc) is 3.27. The van der Waals surface area contributed by atoms with Crippen molar-refractivity contribution in [1.29, 1.82) is 0 Å². The highest BCUT2D eigenvalue weighted by atomic mass is 35.5. The summed E-state index contributed by atoms with van der Waals surface area (Å²) in [6.45, 7) is 0. The van der Waals surface area contributed by atoms with E-state index in [9.17, 15) is 4.79 Å². The Morgan fingerprint density at radius 2 is 1.95 bits per heavy atom. The Kier molecular flexibility index (Phi) is 3.94. The summed E-state index contributed by atoms with van der Waals surface area (Å²) < 4.78 is 5.40. The normalized spacial score (nSPS) is 15.0. The zero-order chi connectivity index (χ0) is 15.6. The van der Waals surface area contributed by atoms with Gasteiger partial charge >= 0.3 is 6.03 Å². The fraction of sp³-hybridized carbons (Fsp3) is 0.235. The summed E-state index contributed by atoms with van der Waals surface area (Å²) in [5.74, 6) is 0.794. The SMILES string of the molecule is COc1ccccc1C1(NC(=O)Nc2cccc(Cl)c2)CC1. The van der Waals surface area contributed by atoms with Crippen LogP contribution in [0.2, 0.25) is 5.02 Å². The molecular formula is C17H17ClN2O2. The van der Waals surface area contributed by atoms with Crippen molar-refractivity contribution in [3.05, 3.63) is 59.1 Å². The predicted octanol–water partition coefficient (Wildman–Crippen LogP) is 4.16. The van der Waals surface area contributed by atoms with Crippen molar-refractivity contribution in [3.8, 4) is 5.75 Å². The molecule has 114 valence electrons. The van der Waals surface area contributed by atoms with Crippen LogP contribution in [0.1, 0.15) is 18.4 Å². The summed E-state index contributed by atoms with van der Waals surface area (Å²) >= 11 is 5.92. The first-order valence-corrected chi connectivity index (χ1v) is 7.49. The molecule has 0 aliphatic heterocycles. The van der Waals surface area contributed by atoms with Crippen LogP contribution in [0.25, 0.3) is 0 Å². The van der Waals surface area contributed by atoms with Gasteiger partial charge < -0.3 is 15.4 Å². The molecule has 0 radical (unpaired) electrons. The highest BCUT2D eigenvalue weighted by Gasteiger charge is 2.47. The molecule has 1 aliphatic carbocycles. The highest BCUT2D eigenvalue weighted by Crippen LogP contribution is 2.48. The summed E-state index contributed by atoms with van der Waals surface area (Å²) in [5, 5.41) is 6.45. The zero-order valence-corrected chi connectivity index (χ0v) is 13.0. The van der Waals surface area contributed by atoms with Crippen molar-refractivity contribution in [2.75, 3.05) is 12.4 Å². The number of amides is 2. The number of carbonyl (C=O) groups excluding carboxylic acids is 1. The maximum absolute atomic E-state index is 12.2. The summed E-state index contributed by atoms with van der Waals surface area (Å²) in [7, 11) is 1.64. The van der Waals surface area contributed by atoms with Crippen LogP contribution in [-0.2, 0) is 5.54 Å². The standard InChI is InChI=1S/C17H17ClN2O2/c1-22-15-8-3-2-7-14(15)17(9-10-17)20-16(21)19-13-6-4-5-12(18)11-13/h2-8,11H,9-10H2,1H3,(H2,19,20,21). The molecule has 5 heteroatoms. The van der Waals surface area contributed by atoms with Gasteiger partial charge in [-0.2, -0.15) is 0 Å². The van der Waals surface area contributed by atoms with Crippen LogP contribution in [0, 0.1) is 0 Å². The lowest BCUT2D eigenvalue weighted by Gasteiger charge is -2.20. The molecule has 1 aliphatic rings. The third-order valence-electron chi connectivity index (χ3n) is 3.81. The Hall–Kier alpha value is -2.20. The van der Waals surface area contributed by atoms with E-state index in [1.54, 1.807) is 31.4 Å². The lowest BCUT2D eigenvalue weighted by atomic mass is 10.0. The number of hydrogen-bond acceptors (Lipinski definition) is 2. The first-order chi connectivity index (χ1) is 10.6. The average molecular weight is 317 g/mol. The number of carbonyl (C=O) groups is 1. The molecule has 1 saturated carbocycles. The second-order valence-electron chi connectivity index (χ2n) is 5.37. The minimum absolute atomic E-state index is 0.245. The summed E-state index contributed by atoms with van der Waals surface area (Å²) in [4.78, 5) is 12.2. The fourth-order valence-corrected chi connectivity index (χ4v) is 2.76. The number of benzene rings is 2. The molecule has 3 rings (SSSR count). The second kappa shape index (κ2) is 5.89. The fourth-order valence-electron chi connectivity index (χ4n) is 2.57. The number of ether oxygens (including phenoxy) is 1. The maximum Gasteiger partial charge on any atom is 0.319 e. The lowest BCUT2D eigenvalue weighted by molar-refractivity contribution is 0.247. The lowest BCUT2D eigenvalue weighted by Crippen LogP contribution is -2.38. The first kappa shape index (κ1) is 14.7. The third-order valence-corrected chi connectivity index (χ3v) is 4.04. The quantitative estimate of drug-likeness (QED) is 0.890. The molecule has 0 aromatic heterocycles. The number of methoxy groups -OCH3 is 1. The number of hydrogen-bond donors (Lipinski definition) is 2. The van der Waals surface area contributed by atoms with Gasteiger partial charge in [0, 0.05) is 16.3 Å². The second-order valence-corrected chi connectivity index (χ2v) is 5.81. The maximum atomic E-state index is 12.2. The number of para-hydroxylation sites is 1. The Balaban J connectivity index is 1.73. The van der Waals surface area contributed by atoms with E-state index in [4.69, 9.17) is 16.3 Å². The third kappa shape index (κ3) is 3.02. The Morgan fingerprint density at radius 1 is 1.18 bits per heavy atom. The number of halogens is 1. The molecule has 1 fully saturated rings. The Bertz CT molecular complexity index is 699. The van der Waals surface area contributed by atoms with Crippen molar-refractivity contribution in [2.24, 2.45) is 0 Å². The molecule has 2 aromatic rings. The van der Waals surface area contributed by atoms with Gasteiger partial charge in [0.2, 0.25) is 0 Å². The van der Waals surface area contributed by atoms with E-state index in [0.717, 1.165) is 24.2 Å². The largest absolute Gasteiger partial charge is 0.496 e. The van der Waals surface area contributed by atoms with E-state index in [1.807, 2.05) is 24.3 Å². The van der Waals surface area contributed by atoms with Gasteiger partial charge in [0.15, 0.2) is 0 Å². The molecule has 0 heterocycles. The number of urea groups is 1. The van der Waals surface area contributed by atoms with Gasteiger partial charge in [0.1, 0.15) is 5.75 Å². The topological polar surface area (TPSA) is 50.4 Å². The van der Waals surface area contributed by atoms with E-state index < -0.39 is 0 Å². The Labute approximate surface area is 134 Å². The van der Waals surface area contributed by atoms with Gasteiger partial charge in [-0.25, -0.2) is 4.79 Å². The van der Waals surface area contributed by atoms with Crippen molar-refractivity contribution in [1.82, 2.24) is 5.32 Å². The molecule has 2 aromatic carbocycles. The molecule has 22 heavy (non-hydrogen) atoms. The Morgan fingerprint density at radius 3 is 2.64 bits per heavy atom. The van der Waals surface area contributed by atoms with Gasteiger partial charge in [-0.3, -0.25) is 0 Å². The monoisotopic (exact) mass is 316 g/mol. The van der Waals surface area contributed by atoms with Gasteiger partial charge in [-0.05, 0) is 37.1 Å². The molecule has 0 unspecified atom stereocenters. The van der Waals surface area contributed by atoms with Crippen molar-refractivity contribution < 1.29 is 9.53 Å². The van der Waals surface area contributed by atoms with Gasteiger partial charge in [-0.1, -0.05) is 35.9 Å². The molecule has 0 saturated heterocycles. The molecule has 2 amide bonds. The van der Waals surface area contributed by atoms with Crippen molar-refractivity contribution in [2.45, 2.75) is 18.4 Å². The van der Waals surface area contributed by atoms with Crippen LogP contribution in [0.3, 0.4) is 0 Å². The van der Waals surface area contributed by atoms with Crippen LogP contribution in [0.15, 0.2) is 48.5 Å². The van der Waals surface area contributed by atoms with Gasteiger partial charge in [0.25, 0.3) is 0 Å². The van der Waals surface area contributed by atoms with Gasteiger partial charge in [-0.15, -0.1) is 0 Å². The summed E-state index contributed by atoms with van der Waals surface area (Å²) in [6.07, 6.45) is 1.80. The van der Waals surface area contributed by atoms with E-state index in [1.165, 1.54) is 0 Å². The van der Waals surface area contributed by atoms with Crippen molar-refractivity contribution in [3.63, 3.8) is 0 Å². The molecule has 0 bridgehead atoms. The van der Waals surface area contributed by atoms with E-state index >= 15 is 0 Å². The highest BCUT2D eigenvalue weighted by molar-refractivity contribution is 6.30. The molecule has 0 atom stereocenters. The van der Waals surface area contributed by atoms with E-state index in [-0.39, 0.29) is 11.6 Å². The zero-order valence-electron chi connectivity index (χ0n) is 12.2. The van der Waals surface area contributed by atoms with Crippen LogP contribution in [0.5, 0.6) is 5.75 Å². The minimum atomic E-state index is -0.338. The van der Waals surface area contributed by atoms with Crippen LogP contribution >= 0.6 is 11.6 Å². The molecular weight excluding hydrogens is 300 g/mol. The van der Waals surface area contributed by atoms with Crippen LogP contribution in [-0.4, -0.2) is 13.1 Å². The van der Waals surface area contributed by atoms with Crippen molar-refractivity contribution >= 4 is 23.3 Å². The molecule has 4 nitrogen and oxygen atoms in total. The smallest absolute Gasteiger partial charge is 0.319 e. The number of anilines is 1. The van der Waals surface area contributed by atoms with E-state index in [0.29, 0.717) is 10.7 Å². The minimum Gasteiger partial charge on any atom is -0.496 e. The molecule has 2 N–H and O–H groups in total. The van der Waals surface area contributed by atoms with E-state index in [2.05, 4.69) is 10.6 Å². The van der Waals surface area contributed by atoms with Crippen LogP contribution < -0.4 is 15.4 Å². The van der Waals surface area contributed by atoms with Gasteiger partial charge in [0.05, 0.1) is 12.6 Å². The first-order valence-electron chi connectivity index (χ1n) is 7.11. The summed E-state index contributed by atoms with van der Waals surface area (Å²) in [6, 6.07) is 14.6. The molecule has 0 spiro atoms. The summed E-state index contributed by atoms with van der Waals surface area (Å²) in [5.41, 5.74) is 1.34.